The Morgan fingerprint density at radius 3 is 2.45 bits per heavy atom. The Balaban J connectivity index is 2.04. The molecule has 0 saturated heterocycles. The summed E-state index contributed by atoms with van der Waals surface area (Å²) < 4.78 is 19.9. The number of anilines is 1. The molecule has 2 heterocycles. The standard InChI is InChI=1S/C18H16BrNO8S/c1-9-14(17(23)25-2)16(29-15(9)18(24)26-3)20-12(21)8-27-13(22)7-5-10-4-6-11(19)28-10/h4-7H,8H2,1-3H3,(H,20,21)/b7-5+. The maximum atomic E-state index is 12.1. The van der Waals surface area contributed by atoms with Crippen molar-refractivity contribution < 1.29 is 37.8 Å². The van der Waals surface area contributed by atoms with Crippen LogP contribution < -0.4 is 5.32 Å². The lowest BCUT2D eigenvalue weighted by molar-refractivity contribution is -0.142. The van der Waals surface area contributed by atoms with E-state index in [1.165, 1.54) is 27.2 Å². The van der Waals surface area contributed by atoms with Crippen molar-refractivity contribution >= 4 is 62.2 Å². The van der Waals surface area contributed by atoms with Crippen molar-refractivity contribution in [3.8, 4) is 0 Å². The predicted molar refractivity (Wildman–Crippen MR) is 107 cm³/mol. The Bertz CT molecular complexity index is 975. The topological polar surface area (TPSA) is 121 Å². The van der Waals surface area contributed by atoms with Crippen molar-refractivity contribution in [3.63, 3.8) is 0 Å². The number of thiophene rings is 1. The molecule has 9 nitrogen and oxygen atoms in total. The predicted octanol–water partition coefficient (Wildman–Crippen LogP) is 3.18. The average molecular weight is 486 g/mol. The molecule has 0 aliphatic heterocycles. The molecule has 0 radical (unpaired) electrons. The number of ether oxygens (including phenoxy) is 3. The van der Waals surface area contributed by atoms with Gasteiger partial charge in [-0.15, -0.1) is 11.3 Å². The Morgan fingerprint density at radius 2 is 1.86 bits per heavy atom. The molecule has 29 heavy (non-hydrogen) atoms. The largest absolute Gasteiger partial charge is 0.465 e. The number of carbonyl (C=O) groups excluding carboxylic acids is 4. The number of amides is 1. The minimum absolute atomic E-state index is 0.0286. The molecule has 0 fully saturated rings. The zero-order valence-corrected chi connectivity index (χ0v) is 18.0. The van der Waals surface area contributed by atoms with E-state index in [1.807, 2.05) is 0 Å². The summed E-state index contributed by atoms with van der Waals surface area (Å²) in [6.07, 6.45) is 2.48. The van der Waals surface area contributed by atoms with Gasteiger partial charge in [0.25, 0.3) is 5.91 Å². The molecule has 1 N–H and O–H groups in total. The second-order valence-corrected chi connectivity index (χ2v) is 7.18. The first-order valence-corrected chi connectivity index (χ1v) is 9.57. The third kappa shape index (κ3) is 5.78. The highest BCUT2D eigenvalue weighted by Gasteiger charge is 2.26. The van der Waals surface area contributed by atoms with Crippen molar-refractivity contribution in [1.29, 1.82) is 0 Å². The third-order valence-corrected chi connectivity index (χ3v) is 5.10. The molecule has 11 heteroatoms. The number of hydrogen-bond acceptors (Lipinski definition) is 9. The van der Waals surface area contributed by atoms with Gasteiger partial charge in [0.2, 0.25) is 0 Å². The molecule has 0 bridgehead atoms. The highest BCUT2D eigenvalue weighted by atomic mass is 79.9. The smallest absolute Gasteiger partial charge is 0.348 e. The maximum Gasteiger partial charge on any atom is 0.348 e. The summed E-state index contributed by atoms with van der Waals surface area (Å²) in [6, 6.07) is 3.29. The van der Waals surface area contributed by atoms with E-state index in [1.54, 1.807) is 12.1 Å². The van der Waals surface area contributed by atoms with Gasteiger partial charge < -0.3 is 23.9 Å². The summed E-state index contributed by atoms with van der Waals surface area (Å²) in [5, 5.41) is 2.53. The van der Waals surface area contributed by atoms with Gasteiger partial charge in [0.15, 0.2) is 11.3 Å². The molecule has 0 aliphatic rings. The lowest BCUT2D eigenvalue weighted by atomic mass is 10.1. The third-order valence-electron chi connectivity index (χ3n) is 3.48. The molecular formula is C18H16BrNO8S. The first-order valence-electron chi connectivity index (χ1n) is 7.96. The minimum atomic E-state index is -0.765. The van der Waals surface area contributed by atoms with Crippen LogP contribution in [0.25, 0.3) is 6.08 Å². The molecular weight excluding hydrogens is 470 g/mol. The minimum Gasteiger partial charge on any atom is -0.465 e. The van der Waals surface area contributed by atoms with Gasteiger partial charge in [-0.3, -0.25) is 4.79 Å². The zero-order chi connectivity index (χ0) is 21.6. The van der Waals surface area contributed by atoms with Crippen LogP contribution in [0.15, 0.2) is 27.3 Å². The van der Waals surface area contributed by atoms with Crippen molar-refractivity contribution in [1.82, 2.24) is 0 Å². The fraction of sp³-hybridized carbons (Fsp3) is 0.222. The lowest BCUT2D eigenvalue weighted by Crippen LogP contribution is -2.21. The van der Waals surface area contributed by atoms with E-state index in [0.29, 0.717) is 16.0 Å². The molecule has 0 unspecified atom stereocenters. The fourth-order valence-corrected chi connectivity index (χ4v) is 3.60. The molecule has 0 atom stereocenters. The van der Waals surface area contributed by atoms with Gasteiger partial charge in [-0.1, -0.05) is 0 Å². The van der Waals surface area contributed by atoms with Crippen LogP contribution in [0, 0.1) is 6.92 Å². The summed E-state index contributed by atoms with van der Waals surface area (Å²) in [4.78, 5) is 47.8. The van der Waals surface area contributed by atoms with Crippen LogP contribution in [0.1, 0.15) is 31.4 Å². The van der Waals surface area contributed by atoms with Crippen molar-refractivity contribution in [2.24, 2.45) is 0 Å². The number of furan rings is 1. The van der Waals surface area contributed by atoms with Crippen LogP contribution in [0.4, 0.5) is 5.00 Å². The zero-order valence-electron chi connectivity index (χ0n) is 15.6. The van der Waals surface area contributed by atoms with Crippen LogP contribution in [0.2, 0.25) is 0 Å². The van der Waals surface area contributed by atoms with Gasteiger partial charge in [0.05, 0.1) is 19.8 Å². The molecule has 0 aromatic carbocycles. The van der Waals surface area contributed by atoms with Gasteiger partial charge in [-0.05, 0) is 46.6 Å². The number of methoxy groups -OCH3 is 2. The molecule has 0 saturated carbocycles. The second-order valence-electron chi connectivity index (χ2n) is 5.37. The van der Waals surface area contributed by atoms with Crippen LogP contribution >= 0.6 is 27.3 Å². The molecule has 154 valence electrons. The second kappa shape index (κ2) is 10.0. The van der Waals surface area contributed by atoms with E-state index >= 15 is 0 Å². The van der Waals surface area contributed by atoms with E-state index in [-0.39, 0.29) is 15.4 Å². The summed E-state index contributed by atoms with van der Waals surface area (Å²) >= 11 is 3.99. The van der Waals surface area contributed by atoms with Crippen molar-refractivity contribution in [3.05, 3.63) is 44.6 Å². The van der Waals surface area contributed by atoms with Gasteiger partial charge in [-0.25, -0.2) is 14.4 Å². The van der Waals surface area contributed by atoms with Crippen LogP contribution in [0.5, 0.6) is 0 Å². The van der Waals surface area contributed by atoms with Gasteiger partial charge in [-0.2, -0.15) is 0 Å². The SMILES string of the molecule is COC(=O)c1sc(NC(=O)COC(=O)/C=C/c2ccc(Br)o2)c(C(=O)OC)c1C. The molecule has 0 aliphatic carbocycles. The summed E-state index contributed by atoms with van der Waals surface area (Å²) in [5.41, 5.74) is 0.342. The molecule has 2 rings (SSSR count). The fourth-order valence-electron chi connectivity index (χ4n) is 2.15. The Kier molecular flexibility index (Phi) is 7.74. The van der Waals surface area contributed by atoms with Crippen LogP contribution in [-0.4, -0.2) is 44.6 Å². The van der Waals surface area contributed by atoms with E-state index < -0.39 is 30.4 Å². The van der Waals surface area contributed by atoms with Gasteiger partial charge in [0.1, 0.15) is 15.6 Å². The molecule has 1 amide bonds. The molecule has 0 spiro atoms. The van der Waals surface area contributed by atoms with E-state index in [9.17, 15) is 19.2 Å². The number of rotatable bonds is 7. The quantitative estimate of drug-likeness (QED) is 0.360. The first-order chi connectivity index (χ1) is 13.8. The van der Waals surface area contributed by atoms with Crippen LogP contribution in [0.3, 0.4) is 0 Å². The average Bonchev–Trinajstić information content (AvgIpc) is 3.26. The summed E-state index contributed by atoms with van der Waals surface area (Å²) in [7, 11) is 2.38. The Hall–Kier alpha value is -2.92. The van der Waals surface area contributed by atoms with Crippen LogP contribution in [-0.2, 0) is 23.8 Å². The number of nitrogens with one attached hydrogen (secondary N) is 1. The highest BCUT2D eigenvalue weighted by molar-refractivity contribution is 9.10. The van der Waals surface area contributed by atoms with Crippen molar-refractivity contribution in [2.45, 2.75) is 6.92 Å². The monoisotopic (exact) mass is 485 g/mol. The molecule has 2 aromatic rings. The van der Waals surface area contributed by atoms with Gasteiger partial charge in [0, 0.05) is 6.08 Å². The lowest BCUT2D eigenvalue weighted by Gasteiger charge is -2.06. The van der Waals surface area contributed by atoms with Gasteiger partial charge >= 0.3 is 17.9 Å². The number of halogens is 1. The first kappa shape index (κ1) is 22.4. The Morgan fingerprint density at radius 1 is 1.17 bits per heavy atom. The number of esters is 3. The van der Waals surface area contributed by atoms with E-state index in [0.717, 1.165) is 17.4 Å². The van der Waals surface area contributed by atoms with Crippen molar-refractivity contribution in [2.75, 3.05) is 26.1 Å². The number of hydrogen-bond donors (Lipinski definition) is 1. The maximum absolute atomic E-state index is 12.1. The Labute approximate surface area is 177 Å². The van der Waals surface area contributed by atoms with E-state index in [4.69, 9.17) is 13.9 Å². The highest BCUT2D eigenvalue weighted by Crippen LogP contribution is 2.34. The summed E-state index contributed by atoms with van der Waals surface area (Å²) in [5.74, 6) is -2.42. The molecule has 2 aromatic heterocycles. The normalized spacial score (nSPS) is 10.6. The number of carbonyl (C=O) groups is 4. The van der Waals surface area contributed by atoms with E-state index in [2.05, 4.69) is 26.0 Å². The summed E-state index contributed by atoms with van der Waals surface area (Å²) in [6.45, 7) is 0.929.